The Labute approximate surface area is 106 Å². The van der Waals surface area contributed by atoms with Gasteiger partial charge in [0.05, 0.1) is 6.54 Å². The van der Waals surface area contributed by atoms with Crippen LogP contribution in [0.25, 0.3) is 0 Å². The first kappa shape index (κ1) is 12.8. The Bertz CT molecular complexity index is 389. The van der Waals surface area contributed by atoms with Crippen LogP contribution in [-0.2, 0) is 11.3 Å². The van der Waals surface area contributed by atoms with Crippen molar-refractivity contribution in [1.29, 1.82) is 0 Å². The van der Waals surface area contributed by atoms with Gasteiger partial charge >= 0.3 is 6.01 Å². The Balaban J connectivity index is 1.64. The summed E-state index contributed by atoms with van der Waals surface area (Å²) in [6, 6.07) is 0.984. The molecule has 1 aliphatic carbocycles. The van der Waals surface area contributed by atoms with Crippen molar-refractivity contribution < 1.29 is 9.21 Å². The molecule has 0 radical (unpaired) electrons. The van der Waals surface area contributed by atoms with Gasteiger partial charge in [0.25, 0.3) is 0 Å². The summed E-state index contributed by atoms with van der Waals surface area (Å²) in [5, 5.41) is 16.7. The molecular formula is C11H19N5O2. The second-order valence-corrected chi connectivity index (χ2v) is 4.29. The molecule has 1 saturated carbocycles. The number of rotatable bonds is 8. The minimum Gasteiger partial charge on any atom is -0.407 e. The molecule has 1 amide bonds. The molecule has 1 fully saturated rings. The molecule has 2 rings (SSSR count). The molecule has 0 unspecified atom stereocenters. The molecule has 1 aliphatic rings. The third-order valence-corrected chi connectivity index (χ3v) is 2.59. The highest BCUT2D eigenvalue weighted by atomic mass is 16.4. The highest BCUT2D eigenvalue weighted by Crippen LogP contribution is 2.19. The van der Waals surface area contributed by atoms with Crippen molar-refractivity contribution in [2.24, 2.45) is 0 Å². The fourth-order valence-corrected chi connectivity index (χ4v) is 1.48. The maximum absolute atomic E-state index is 11.2. The molecule has 0 aliphatic heterocycles. The summed E-state index contributed by atoms with van der Waals surface area (Å²) in [6.07, 6.45) is 2.85. The van der Waals surface area contributed by atoms with Gasteiger partial charge in [0.2, 0.25) is 11.8 Å². The zero-order valence-corrected chi connectivity index (χ0v) is 10.5. The lowest BCUT2D eigenvalue weighted by atomic mass is 10.4. The second-order valence-electron chi connectivity index (χ2n) is 4.29. The monoisotopic (exact) mass is 253 g/mol. The van der Waals surface area contributed by atoms with E-state index in [0.717, 1.165) is 0 Å². The maximum Gasteiger partial charge on any atom is 0.315 e. The molecule has 0 atom stereocenters. The molecular weight excluding hydrogens is 234 g/mol. The number of aromatic nitrogens is 2. The zero-order chi connectivity index (χ0) is 12.8. The Hall–Kier alpha value is -1.63. The summed E-state index contributed by atoms with van der Waals surface area (Å²) in [5.41, 5.74) is 0. The van der Waals surface area contributed by atoms with E-state index in [1.807, 2.05) is 6.92 Å². The van der Waals surface area contributed by atoms with Gasteiger partial charge in [0.15, 0.2) is 0 Å². The summed E-state index contributed by atoms with van der Waals surface area (Å²) in [5.74, 6) is 0.586. The van der Waals surface area contributed by atoms with Crippen molar-refractivity contribution in [1.82, 2.24) is 20.8 Å². The normalized spacial score (nSPS) is 14.5. The number of carbonyl (C=O) groups excluding carboxylic acids is 1. The Morgan fingerprint density at radius 2 is 2.28 bits per heavy atom. The number of nitrogens with zero attached hydrogens (tertiary/aromatic N) is 2. The largest absolute Gasteiger partial charge is 0.407 e. The topological polar surface area (TPSA) is 92.1 Å². The third kappa shape index (κ3) is 4.33. The number of nitrogens with one attached hydrogen (secondary N) is 3. The molecule has 1 heterocycles. The van der Waals surface area contributed by atoms with Crippen LogP contribution in [0.5, 0.6) is 0 Å². The van der Waals surface area contributed by atoms with Crippen LogP contribution in [0.1, 0.15) is 32.1 Å². The summed E-state index contributed by atoms with van der Waals surface area (Å²) >= 11 is 0. The van der Waals surface area contributed by atoms with Crippen molar-refractivity contribution >= 4 is 11.9 Å². The van der Waals surface area contributed by atoms with Crippen LogP contribution in [0.3, 0.4) is 0 Å². The lowest BCUT2D eigenvalue weighted by Gasteiger charge is -2.01. The quantitative estimate of drug-likeness (QED) is 0.615. The summed E-state index contributed by atoms with van der Waals surface area (Å²) < 4.78 is 5.38. The third-order valence-electron chi connectivity index (χ3n) is 2.59. The highest BCUT2D eigenvalue weighted by molar-refractivity contribution is 5.76. The molecule has 7 nitrogen and oxygen atoms in total. The van der Waals surface area contributed by atoms with Gasteiger partial charge in [-0.25, -0.2) is 0 Å². The van der Waals surface area contributed by atoms with Crippen LogP contribution in [-0.4, -0.2) is 35.2 Å². The van der Waals surface area contributed by atoms with Gasteiger partial charge < -0.3 is 20.4 Å². The molecule has 1 aromatic rings. The van der Waals surface area contributed by atoms with Gasteiger partial charge in [-0.15, -0.1) is 5.10 Å². The Morgan fingerprint density at radius 3 is 3.00 bits per heavy atom. The van der Waals surface area contributed by atoms with Crippen LogP contribution < -0.4 is 16.0 Å². The lowest BCUT2D eigenvalue weighted by Crippen LogP contribution is -2.24. The van der Waals surface area contributed by atoms with Crippen LogP contribution in [0.4, 0.5) is 6.01 Å². The van der Waals surface area contributed by atoms with E-state index in [-0.39, 0.29) is 5.91 Å². The van der Waals surface area contributed by atoms with Gasteiger partial charge in [0, 0.05) is 25.6 Å². The van der Waals surface area contributed by atoms with Gasteiger partial charge in [-0.3, -0.25) is 4.79 Å². The van der Waals surface area contributed by atoms with Crippen LogP contribution >= 0.6 is 0 Å². The van der Waals surface area contributed by atoms with Crippen LogP contribution in [0, 0.1) is 0 Å². The van der Waals surface area contributed by atoms with Gasteiger partial charge in [0.1, 0.15) is 0 Å². The van der Waals surface area contributed by atoms with E-state index in [1.165, 1.54) is 12.8 Å². The van der Waals surface area contributed by atoms with Crippen LogP contribution in [0.15, 0.2) is 4.42 Å². The molecule has 0 spiro atoms. The number of hydrogen-bond acceptors (Lipinski definition) is 6. The average Bonchev–Trinajstić information content (AvgIpc) is 3.07. The zero-order valence-electron chi connectivity index (χ0n) is 10.5. The smallest absolute Gasteiger partial charge is 0.315 e. The van der Waals surface area contributed by atoms with E-state index < -0.39 is 0 Å². The first-order valence-electron chi connectivity index (χ1n) is 6.34. The van der Waals surface area contributed by atoms with Gasteiger partial charge in [-0.2, -0.15) is 0 Å². The van der Waals surface area contributed by atoms with E-state index in [2.05, 4.69) is 26.1 Å². The number of hydrogen-bond donors (Lipinski definition) is 3. The molecule has 100 valence electrons. The molecule has 0 bridgehead atoms. The van der Waals surface area contributed by atoms with Crippen LogP contribution in [0.2, 0.25) is 0 Å². The summed E-state index contributed by atoms with van der Waals surface area (Å²) in [7, 11) is 0. The van der Waals surface area contributed by atoms with Crippen molar-refractivity contribution in [3.05, 3.63) is 5.89 Å². The standard InChI is InChI=1S/C11H19N5O2/c1-2-12-9(17)5-6-13-11-16-15-10(18-11)7-14-8-3-4-8/h8,14H,2-7H2,1H3,(H,12,17)(H,13,16). The highest BCUT2D eigenvalue weighted by Gasteiger charge is 2.21. The first-order valence-corrected chi connectivity index (χ1v) is 6.34. The molecule has 1 aromatic heterocycles. The van der Waals surface area contributed by atoms with Gasteiger partial charge in [-0.1, -0.05) is 5.10 Å². The van der Waals surface area contributed by atoms with E-state index in [4.69, 9.17) is 4.42 Å². The fraction of sp³-hybridized carbons (Fsp3) is 0.727. The maximum atomic E-state index is 11.2. The lowest BCUT2D eigenvalue weighted by molar-refractivity contribution is -0.120. The Morgan fingerprint density at radius 1 is 1.44 bits per heavy atom. The molecule has 7 heteroatoms. The van der Waals surface area contributed by atoms with Crippen molar-refractivity contribution in [3.8, 4) is 0 Å². The predicted octanol–water partition coefficient (Wildman–Crippen LogP) is 0.260. The van der Waals surface area contributed by atoms with E-state index in [0.29, 0.717) is 44.0 Å². The van der Waals surface area contributed by atoms with E-state index in [1.54, 1.807) is 0 Å². The van der Waals surface area contributed by atoms with E-state index in [9.17, 15) is 4.79 Å². The SMILES string of the molecule is CCNC(=O)CCNc1nnc(CNC2CC2)o1. The van der Waals surface area contributed by atoms with E-state index >= 15 is 0 Å². The summed E-state index contributed by atoms with van der Waals surface area (Å²) in [6.45, 7) is 3.64. The van der Waals surface area contributed by atoms with Crippen molar-refractivity contribution in [2.75, 3.05) is 18.4 Å². The molecule has 0 saturated heterocycles. The second kappa shape index (κ2) is 6.34. The molecule has 0 aromatic carbocycles. The summed E-state index contributed by atoms with van der Waals surface area (Å²) in [4.78, 5) is 11.2. The van der Waals surface area contributed by atoms with Gasteiger partial charge in [-0.05, 0) is 19.8 Å². The number of anilines is 1. The van der Waals surface area contributed by atoms with Crippen molar-refractivity contribution in [3.63, 3.8) is 0 Å². The number of amides is 1. The first-order chi connectivity index (χ1) is 8.78. The minimum atomic E-state index is 0.0140. The Kier molecular flexibility index (Phi) is 4.52. The van der Waals surface area contributed by atoms with Crippen molar-refractivity contribution in [2.45, 2.75) is 38.8 Å². The minimum absolute atomic E-state index is 0.0140. The molecule has 18 heavy (non-hydrogen) atoms. The molecule has 3 N–H and O–H groups in total. The number of carbonyl (C=O) groups is 1. The predicted molar refractivity (Wildman–Crippen MR) is 66.0 cm³/mol. The average molecular weight is 253 g/mol. The fourth-order valence-electron chi connectivity index (χ4n) is 1.48.